The molecule has 0 saturated carbocycles. The molecule has 0 radical (unpaired) electrons. The van der Waals surface area contributed by atoms with Crippen LogP contribution in [0.2, 0.25) is 0 Å². The van der Waals surface area contributed by atoms with E-state index in [2.05, 4.69) is 10.3 Å². The molecule has 5 nitrogen and oxygen atoms in total. The second-order valence-corrected chi connectivity index (χ2v) is 7.97. The van der Waals surface area contributed by atoms with Crippen molar-refractivity contribution in [1.29, 1.82) is 0 Å². The number of para-hydroxylation sites is 1. The monoisotopic (exact) mass is 414 g/mol. The maximum absolute atomic E-state index is 12.3. The fraction of sp³-hybridized carbons (Fsp3) is 0.286. The van der Waals surface area contributed by atoms with Crippen molar-refractivity contribution in [2.24, 2.45) is 0 Å². The van der Waals surface area contributed by atoms with Gasteiger partial charge in [0.15, 0.2) is 6.61 Å². The fourth-order valence-electron chi connectivity index (χ4n) is 2.83. The Kier molecular flexibility index (Phi) is 6.95. The van der Waals surface area contributed by atoms with Crippen LogP contribution in [0.3, 0.4) is 0 Å². The first kappa shape index (κ1) is 20.2. The molecule has 0 spiro atoms. The van der Waals surface area contributed by atoms with Crippen molar-refractivity contribution in [2.45, 2.75) is 33.1 Å². The maximum Gasteiger partial charge on any atom is 0.312 e. The Morgan fingerprint density at radius 2 is 1.82 bits per heavy atom. The summed E-state index contributed by atoms with van der Waals surface area (Å²) in [6, 6.07) is 9.94. The van der Waals surface area contributed by atoms with Gasteiger partial charge in [0.1, 0.15) is 5.01 Å². The van der Waals surface area contributed by atoms with Gasteiger partial charge >= 0.3 is 5.97 Å². The van der Waals surface area contributed by atoms with Crippen molar-refractivity contribution >= 4 is 40.2 Å². The van der Waals surface area contributed by atoms with E-state index in [4.69, 9.17) is 4.74 Å². The molecule has 28 heavy (non-hydrogen) atoms. The molecule has 0 aliphatic heterocycles. The summed E-state index contributed by atoms with van der Waals surface area (Å²) in [7, 11) is 0. The van der Waals surface area contributed by atoms with E-state index in [9.17, 15) is 9.59 Å². The molecule has 1 N–H and O–H groups in total. The highest BCUT2D eigenvalue weighted by molar-refractivity contribution is 7.20. The van der Waals surface area contributed by atoms with Crippen LogP contribution in [0.4, 0.5) is 5.69 Å². The van der Waals surface area contributed by atoms with E-state index < -0.39 is 5.97 Å². The predicted molar refractivity (Wildman–Crippen MR) is 114 cm³/mol. The molecule has 0 aliphatic rings. The smallest absolute Gasteiger partial charge is 0.312 e. The molecule has 7 heteroatoms. The molecule has 0 fully saturated rings. The number of nitrogens with one attached hydrogen (secondary N) is 1. The lowest BCUT2D eigenvalue weighted by molar-refractivity contribution is -0.146. The number of benzene rings is 1. The minimum Gasteiger partial charge on any atom is -0.455 e. The maximum atomic E-state index is 12.3. The van der Waals surface area contributed by atoms with Crippen LogP contribution in [0.15, 0.2) is 41.1 Å². The van der Waals surface area contributed by atoms with Gasteiger partial charge < -0.3 is 10.1 Å². The van der Waals surface area contributed by atoms with Gasteiger partial charge in [-0.25, -0.2) is 4.98 Å². The molecular weight excluding hydrogens is 392 g/mol. The van der Waals surface area contributed by atoms with Crippen molar-refractivity contribution in [3.63, 3.8) is 0 Å². The van der Waals surface area contributed by atoms with Gasteiger partial charge in [-0.3, -0.25) is 9.59 Å². The Balaban J connectivity index is 1.53. The van der Waals surface area contributed by atoms with Gasteiger partial charge in [0.05, 0.1) is 17.0 Å². The average molecular weight is 415 g/mol. The van der Waals surface area contributed by atoms with Gasteiger partial charge in [0.2, 0.25) is 0 Å². The second-order valence-electron chi connectivity index (χ2n) is 6.17. The van der Waals surface area contributed by atoms with E-state index in [1.54, 1.807) is 11.3 Å². The summed E-state index contributed by atoms with van der Waals surface area (Å²) in [5.74, 6) is -0.792. The Hall–Kier alpha value is -2.51. The predicted octanol–water partition coefficient (Wildman–Crippen LogP) is 4.72. The lowest BCUT2D eigenvalue weighted by Gasteiger charge is -2.14. The van der Waals surface area contributed by atoms with Crippen molar-refractivity contribution in [2.75, 3.05) is 11.9 Å². The summed E-state index contributed by atoms with van der Waals surface area (Å²) >= 11 is 3.10. The number of carbonyl (C=O) groups is 2. The zero-order chi connectivity index (χ0) is 19.9. The number of thiazole rings is 1. The van der Waals surface area contributed by atoms with E-state index in [-0.39, 0.29) is 18.9 Å². The zero-order valence-corrected chi connectivity index (χ0v) is 17.5. The van der Waals surface area contributed by atoms with E-state index in [1.165, 1.54) is 11.3 Å². The minimum absolute atomic E-state index is 0.0565. The third kappa shape index (κ3) is 5.05. The number of aryl methyl sites for hydroxylation is 2. The summed E-state index contributed by atoms with van der Waals surface area (Å²) in [5.41, 5.74) is 3.63. The highest BCUT2D eigenvalue weighted by Gasteiger charge is 2.14. The summed E-state index contributed by atoms with van der Waals surface area (Å²) in [6.07, 6.45) is 1.69. The van der Waals surface area contributed by atoms with E-state index >= 15 is 0 Å². The Morgan fingerprint density at radius 3 is 2.46 bits per heavy atom. The Morgan fingerprint density at radius 1 is 1.07 bits per heavy atom. The van der Waals surface area contributed by atoms with Crippen LogP contribution < -0.4 is 5.32 Å². The summed E-state index contributed by atoms with van der Waals surface area (Å²) in [5, 5.41) is 7.62. The highest BCUT2D eigenvalue weighted by atomic mass is 32.1. The third-order valence-electron chi connectivity index (χ3n) is 4.24. The van der Waals surface area contributed by atoms with Crippen molar-refractivity contribution < 1.29 is 14.3 Å². The number of rotatable bonds is 8. The molecule has 146 valence electrons. The molecule has 1 aromatic carbocycles. The molecule has 0 saturated heterocycles. The Labute approximate surface area is 172 Å². The number of aromatic nitrogens is 1. The summed E-state index contributed by atoms with van der Waals surface area (Å²) < 4.78 is 5.14. The van der Waals surface area contributed by atoms with Gasteiger partial charge in [0, 0.05) is 11.1 Å². The number of esters is 1. The highest BCUT2D eigenvalue weighted by Crippen LogP contribution is 2.28. The van der Waals surface area contributed by atoms with Crippen molar-refractivity contribution in [3.05, 3.63) is 57.9 Å². The van der Waals surface area contributed by atoms with E-state index in [0.29, 0.717) is 5.69 Å². The Bertz CT molecular complexity index is 926. The number of hydrogen-bond donors (Lipinski definition) is 1. The number of carbonyl (C=O) groups excluding carboxylic acids is 2. The molecule has 2 aromatic heterocycles. The number of anilines is 1. The second kappa shape index (κ2) is 9.61. The molecule has 3 rings (SSSR count). The summed E-state index contributed by atoms with van der Waals surface area (Å²) in [4.78, 5) is 29.9. The van der Waals surface area contributed by atoms with Gasteiger partial charge in [-0.15, -0.1) is 22.7 Å². The van der Waals surface area contributed by atoms with Gasteiger partial charge in [-0.2, -0.15) is 0 Å². The van der Waals surface area contributed by atoms with Crippen LogP contribution in [-0.2, 0) is 33.6 Å². The molecule has 0 atom stereocenters. The van der Waals surface area contributed by atoms with E-state index in [0.717, 1.165) is 39.5 Å². The largest absolute Gasteiger partial charge is 0.455 e. The lowest BCUT2D eigenvalue weighted by Crippen LogP contribution is -2.23. The van der Waals surface area contributed by atoms with Crippen molar-refractivity contribution in [3.8, 4) is 9.88 Å². The SMILES string of the molecule is CCc1cccc(CC)c1NC(=O)COC(=O)Cc1csc(-c2cccs2)n1. The quantitative estimate of drug-likeness (QED) is 0.542. The first-order valence-corrected chi connectivity index (χ1v) is 10.9. The molecule has 1 amide bonds. The number of thiophene rings is 1. The topological polar surface area (TPSA) is 68.3 Å². The fourth-order valence-corrected chi connectivity index (χ4v) is 4.46. The number of hydrogen-bond acceptors (Lipinski definition) is 6. The molecule has 0 bridgehead atoms. The molecule has 0 unspecified atom stereocenters. The van der Waals surface area contributed by atoms with Crippen LogP contribution in [-0.4, -0.2) is 23.5 Å². The lowest BCUT2D eigenvalue weighted by atomic mass is 10.0. The van der Waals surface area contributed by atoms with Gasteiger partial charge in [-0.1, -0.05) is 38.1 Å². The van der Waals surface area contributed by atoms with Gasteiger partial charge in [-0.05, 0) is 35.4 Å². The van der Waals surface area contributed by atoms with Crippen LogP contribution >= 0.6 is 22.7 Å². The van der Waals surface area contributed by atoms with Crippen molar-refractivity contribution in [1.82, 2.24) is 4.98 Å². The summed E-state index contributed by atoms with van der Waals surface area (Å²) in [6.45, 7) is 3.79. The first-order valence-electron chi connectivity index (χ1n) is 9.15. The average Bonchev–Trinajstić information content (AvgIpc) is 3.38. The third-order valence-corrected chi connectivity index (χ3v) is 6.17. The molecule has 3 aromatic rings. The van der Waals surface area contributed by atoms with Crippen LogP contribution in [0.5, 0.6) is 0 Å². The number of amides is 1. The van der Waals surface area contributed by atoms with E-state index in [1.807, 2.05) is 54.9 Å². The number of nitrogens with zero attached hydrogens (tertiary/aromatic N) is 1. The zero-order valence-electron chi connectivity index (χ0n) is 15.9. The minimum atomic E-state index is -0.460. The van der Waals surface area contributed by atoms with Gasteiger partial charge in [0.25, 0.3) is 5.91 Å². The van der Waals surface area contributed by atoms with Crippen LogP contribution in [0, 0.1) is 0 Å². The molecular formula is C21H22N2O3S2. The first-order chi connectivity index (χ1) is 13.6. The van der Waals surface area contributed by atoms with Crippen LogP contribution in [0.1, 0.15) is 30.7 Å². The molecule has 2 heterocycles. The standard InChI is InChI=1S/C21H22N2O3S2/c1-3-14-7-5-8-15(4-2)20(14)23-18(24)12-26-19(25)11-16-13-28-21(22-16)17-9-6-10-27-17/h5-10,13H,3-4,11-12H2,1-2H3,(H,23,24). The van der Waals surface area contributed by atoms with Crippen LogP contribution in [0.25, 0.3) is 9.88 Å². The normalized spacial score (nSPS) is 10.6. The number of ether oxygens (including phenoxy) is 1. The molecule has 0 aliphatic carbocycles.